The van der Waals surface area contributed by atoms with Crippen LogP contribution in [-0.4, -0.2) is 62.8 Å². The van der Waals surface area contributed by atoms with Gasteiger partial charge >= 0.3 is 0 Å². The number of piperidine rings is 1. The Bertz CT molecular complexity index is 369. The molecule has 3 rings (SSSR count). The van der Waals surface area contributed by atoms with Gasteiger partial charge in [-0.25, -0.2) is 0 Å². The monoisotopic (exact) mass is 322 g/mol. The van der Waals surface area contributed by atoms with Crippen molar-refractivity contribution in [1.82, 2.24) is 15.5 Å². The van der Waals surface area contributed by atoms with Crippen LogP contribution in [0.1, 0.15) is 45.4 Å². The Morgan fingerprint density at radius 1 is 1.13 bits per heavy atom. The molecule has 0 aromatic carbocycles. The summed E-state index contributed by atoms with van der Waals surface area (Å²) in [5.74, 6) is 2.75. The van der Waals surface area contributed by atoms with Gasteiger partial charge in [0.15, 0.2) is 5.96 Å². The van der Waals surface area contributed by atoms with E-state index in [0.29, 0.717) is 6.04 Å². The topological polar surface area (TPSA) is 48.9 Å². The largest absolute Gasteiger partial charge is 0.381 e. The van der Waals surface area contributed by atoms with Gasteiger partial charge in [0.25, 0.3) is 0 Å². The Morgan fingerprint density at radius 2 is 1.96 bits per heavy atom. The lowest BCUT2D eigenvalue weighted by atomic mass is 10.0. The maximum atomic E-state index is 5.49. The number of hydrogen-bond donors (Lipinski definition) is 2. The summed E-state index contributed by atoms with van der Waals surface area (Å²) in [5, 5.41) is 7.06. The highest BCUT2D eigenvalue weighted by Crippen LogP contribution is 2.32. The number of ether oxygens (including phenoxy) is 1. The molecule has 2 heterocycles. The molecule has 2 aliphatic heterocycles. The van der Waals surface area contributed by atoms with Crippen LogP contribution >= 0.6 is 0 Å². The minimum atomic E-state index is 0.574. The maximum absolute atomic E-state index is 5.49. The minimum absolute atomic E-state index is 0.574. The third kappa shape index (κ3) is 5.96. The molecule has 2 saturated heterocycles. The summed E-state index contributed by atoms with van der Waals surface area (Å²) < 4.78 is 5.49. The van der Waals surface area contributed by atoms with Crippen LogP contribution in [0.2, 0.25) is 0 Å². The van der Waals surface area contributed by atoms with E-state index in [4.69, 9.17) is 9.73 Å². The minimum Gasteiger partial charge on any atom is -0.381 e. The molecule has 0 radical (unpaired) electrons. The van der Waals surface area contributed by atoms with E-state index in [1.165, 1.54) is 58.2 Å². The summed E-state index contributed by atoms with van der Waals surface area (Å²) in [7, 11) is 0. The Labute approximate surface area is 141 Å². The summed E-state index contributed by atoms with van der Waals surface area (Å²) in [5.41, 5.74) is 0. The fourth-order valence-corrected chi connectivity index (χ4v) is 3.63. The lowest BCUT2D eigenvalue weighted by molar-refractivity contribution is 0.150. The van der Waals surface area contributed by atoms with Crippen molar-refractivity contribution in [2.75, 3.05) is 45.9 Å². The van der Waals surface area contributed by atoms with Gasteiger partial charge in [-0.3, -0.25) is 4.99 Å². The average molecular weight is 322 g/mol. The van der Waals surface area contributed by atoms with Gasteiger partial charge in [-0.2, -0.15) is 0 Å². The highest BCUT2D eigenvalue weighted by Gasteiger charge is 2.24. The molecule has 0 amide bonds. The van der Waals surface area contributed by atoms with E-state index in [1.54, 1.807) is 0 Å². The van der Waals surface area contributed by atoms with E-state index < -0.39 is 0 Å². The van der Waals surface area contributed by atoms with Gasteiger partial charge < -0.3 is 20.3 Å². The van der Waals surface area contributed by atoms with Crippen LogP contribution in [0.3, 0.4) is 0 Å². The van der Waals surface area contributed by atoms with Crippen LogP contribution in [0, 0.1) is 11.8 Å². The van der Waals surface area contributed by atoms with Gasteiger partial charge in [-0.05, 0) is 44.4 Å². The van der Waals surface area contributed by atoms with E-state index in [1.807, 2.05) is 0 Å². The SMILES string of the molecule is CCNC(=NCCC1CC1)NC1CCN(CC2CCOC2)CC1. The molecule has 5 nitrogen and oxygen atoms in total. The first-order valence-corrected chi connectivity index (χ1v) is 9.68. The predicted octanol–water partition coefficient (Wildman–Crippen LogP) is 1.84. The van der Waals surface area contributed by atoms with Crippen molar-refractivity contribution in [3.63, 3.8) is 0 Å². The Balaban J connectivity index is 1.36. The number of nitrogens with zero attached hydrogens (tertiary/aromatic N) is 2. The van der Waals surface area contributed by atoms with Crippen molar-refractivity contribution in [2.45, 2.75) is 51.5 Å². The predicted molar refractivity (Wildman–Crippen MR) is 94.8 cm³/mol. The van der Waals surface area contributed by atoms with Crippen molar-refractivity contribution >= 4 is 5.96 Å². The molecule has 132 valence electrons. The average Bonchev–Trinajstić information content (AvgIpc) is 3.24. The molecule has 1 unspecified atom stereocenters. The molecule has 0 spiro atoms. The van der Waals surface area contributed by atoms with Gasteiger partial charge in [-0.1, -0.05) is 12.8 Å². The molecule has 3 fully saturated rings. The van der Waals surface area contributed by atoms with Crippen LogP contribution in [0.25, 0.3) is 0 Å². The van der Waals surface area contributed by atoms with Crippen molar-refractivity contribution in [3.05, 3.63) is 0 Å². The molecular weight excluding hydrogens is 288 g/mol. The van der Waals surface area contributed by atoms with Gasteiger partial charge in [0.1, 0.15) is 0 Å². The van der Waals surface area contributed by atoms with E-state index in [-0.39, 0.29) is 0 Å². The number of rotatable bonds is 7. The summed E-state index contributed by atoms with van der Waals surface area (Å²) in [6, 6.07) is 0.574. The van der Waals surface area contributed by atoms with E-state index >= 15 is 0 Å². The van der Waals surface area contributed by atoms with Crippen LogP contribution in [0.4, 0.5) is 0 Å². The normalized spacial score (nSPS) is 27.3. The molecular formula is C18H34N4O. The maximum Gasteiger partial charge on any atom is 0.191 e. The summed E-state index contributed by atoms with van der Waals surface area (Å²) in [6.07, 6.45) is 7.80. The third-order valence-electron chi connectivity index (χ3n) is 5.32. The quantitative estimate of drug-likeness (QED) is 0.555. The second-order valence-corrected chi connectivity index (χ2v) is 7.44. The van der Waals surface area contributed by atoms with E-state index in [9.17, 15) is 0 Å². The third-order valence-corrected chi connectivity index (χ3v) is 5.32. The van der Waals surface area contributed by atoms with Crippen molar-refractivity contribution in [2.24, 2.45) is 16.8 Å². The molecule has 0 aromatic heterocycles. The first-order valence-electron chi connectivity index (χ1n) is 9.68. The van der Waals surface area contributed by atoms with Crippen LogP contribution in [0.15, 0.2) is 4.99 Å². The molecule has 1 atom stereocenters. The van der Waals surface area contributed by atoms with Crippen LogP contribution < -0.4 is 10.6 Å². The zero-order valence-electron chi connectivity index (χ0n) is 14.7. The molecule has 5 heteroatoms. The lowest BCUT2D eigenvalue weighted by Crippen LogP contribution is -2.49. The van der Waals surface area contributed by atoms with Crippen LogP contribution in [-0.2, 0) is 4.74 Å². The van der Waals surface area contributed by atoms with Crippen molar-refractivity contribution in [1.29, 1.82) is 0 Å². The molecule has 0 bridgehead atoms. The van der Waals surface area contributed by atoms with Gasteiger partial charge in [0.05, 0.1) is 6.61 Å². The van der Waals surface area contributed by atoms with Crippen molar-refractivity contribution < 1.29 is 4.74 Å². The van der Waals surface area contributed by atoms with Crippen LogP contribution in [0.5, 0.6) is 0 Å². The zero-order chi connectivity index (χ0) is 15.9. The Hall–Kier alpha value is -0.810. The van der Waals surface area contributed by atoms with Gasteiger partial charge in [0.2, 0.25) is 0 Å². The first kappa shape index (κ1) is 17.0. The molecule has 0 aromatic rings. The molecule has 1 saturated carbocycles. The number of guanidine groups is 1. The number of likely N-dealkylation sites (tertiary alicyclic amines) is 1. The fraction of sp³-hybridized carbons (Fsp3) is 0.944. The highest BCUT2D eigenvalue weighted by atomic mass is 16.5. The molecule has 23 heavy (non-hydrogen) atoms. The number of aliphatic imine (C=N–C) groups is 1. The number of hydrogen-bond acceptors (Lipinski definition) is 3. The summed E-state index contributed by atoms with van der Waals surface area (Å²) >= 11 is 0. The van der Waals surface area contributed by atoms with Gasteiger partial charge in [-0.15, -0.1) is 0 Å². The summed E-state index contributed by atoms with van der Waals surface area (Å²) in [4.78, 5) is 7.37. The Morgan fingerprint density at radius 3 is 2.61 bits per heavy atom. The molecule has 2 N–H and O–H groups in total. The van der Waals surface area contributed by atoms with Gasteiger partial charge in [0, 0.05) is 45.4 Å². The standard InChI is InChI=1S/C18H34N4O/c1-2-19-18(20-9-5-15-3-4-15)21-17-6-10-22(11-7-17)13-16-8-12-23-14-16/h15-17H,2-14H2,1H3,(H2,19,20,21). The van der Waals surface area contributed by atoms with Crippen molar-refractivity contribution in [3.8, 4) is 0 Å². The molecule has 1 aliphatic carbocycles. The lowest BCUT2D eigenvalue weighted by Gasteiger charge is -2.34. The Kier molecular flexibility index (Phi) is 6.57. The number of nitrogens with one attached hydrogen (secondary N) is 2. The first-order chi connectivity index (χ1) is 11.3. The zero-order valence-corrected chi connectivity index (χ0v) is 14.7. The highest BCUT2D eigenvalue weighted by molar-refractivity contribution is 5.80. The van der Waals surface area contributed by atoms with E-state index in [0.717, 1.165) is 44.1 Å². The summed E-state index contributed by atoms with van der Waals surface area (Å²) in [6.45, 7) is 9.62. The van der Waals surface area contributed by atoms with E-state index in [2.05, 4.69) is 22.5 Å². The molecule has 3 aliphatic rings. The smallest absolute Gasteiger partial charge is 0.191 e. The second kappa shape index (κ2) is 8.88. The second-order valence-electron chi connectivity index (χ2n) is 7.44. The fourth-order valence-electron chi connectivity index (χ4n) is 3.63.